The lowest BCUT2D eigenvalue weighted by molar-refractivity contribution is 0.0230. The number of nitrogens with zero attached hydrogens (tertiary/aromatic N) is 3. The summed E-state index contributed by atoms with van der Waals surface area (Å²) in [5.74, 6) is 3.96. The summed E-state index contributed by atoms with van der Waals surface area (Å²) < 4.78 is 22.3. The van der Waals surface area contributed by atoms with E-state index in [4.69, 9.17) is 24.8 Å². The summed E-state index contributed by atoms with van der Waals surface area (Å²) in [6, 6.07) is 13.7. The number of aliphatic hydroxyl groups is 1. The minimum absolute atomic E-state index is 0.157. The van der Waals surface area contributed by atoms with Crippen molar-refractivity contribution in [2.75, 3.05) is 51.0 Å². The van der Waals surface area contributed by atoms with Crippen LogP contribution in [0, 0.1) is 12.3 Å². The third-order valence-electron chi connectivity index (χ3n) is 5.42. The molecule has 0 unspecified atom stereocenters. The Labute approximate surface area is 193 Å². The smallest absolute Gasteiger partial charge is 0.232 e. The van der Waals surface area contributed by atoms with Crippen LogP contribution in [0.2, 0.25) is 0 Å². The van der Waals surface area contributed by atoms with E-state index >= 15 is 0 Å². The van der Waals surface area contributed by atoms with E-state index in [0.29, 0.717) is 32.8 Å². The highest BCUT2D eigenvalue weighted by Gasteiger charge is 2.26. The largest absolute Gasteiger partial charge is 0.468 e. The lowest BCUT2D eigenvalue weighted by Gasteiger charge is -2.29. The fourth-order valence-corrected chi connectivity index (χ4v) is 3.92. The van der Waals surface area contributed by atoms with E-state index in [2.05, 4.69) is 20.9 Å². The van der Waals surface area contributed by atoms with Crippen molar-refractivity contribution in [3.63, 3.8) is 0 Å². The molecule has 1 atom stereocenters. The summed E-state index contributed by atoms with van der Waals surface area (Å²) in [5, 5.41) is 15.0. The van der Waals surface area contributed by atoms with Gasteiger partial charge in [0.25, 0.3) is 0 Å². The fraction of sp³-hybridized carbons (Fsp3) is 0.400. The Morgan fingerprint density at radius 3 is 2.70 bits per heavy atom. The van der Waals surface area contributed by atoms with Crippen LogP contribution in [0.5, 0.6) is 0 Å². The minimum atomic E-state index is -0.708. The van der Waals surface area contributed by atoms with E-state index in [1.807, 2.05) is 42.5 Å². The van der Waals surface area contributed by atoms with E-state index in [-0.39, 0.29) is 13.2 Å². The number of furan rings is 1. The molecule has 1 saturated heterocycles. The second-order valence-electron chi connectivity index (χ2n) is 7.90. The maximum absolute atomic E-state index is 10.6. The standard InChI is InChI=1S/C25H29N3O5/c1-2-12-31-19-21(29)16-27(17-22-9-6-13-32-22)18-23-24(20-7-4-3-5-8-20)26-33-25(23)28-10-14-30-15-11-28/h1,3-9,13,21,29H,10-12,14-19H2/t21-/m0/s1. The van der Waals surface area contributed by atoms with Gasteiger partial charge in [0, 0.05) is 31.7 Å². The van der Waals surface area contributed by atoms with Gasteiger partial charge in [-0.1, -0.05) is 41.4 Å². The number of terminal acetylenes is 1. The van der Waals surface area contributed by atoms with Gasteiger partial charge in [0.15, 0.2) is 0 Å². The maximum atomic E-state index is 10.6. The summed E-state index contributed by atoms with van der Waals surface area (Å²) in [4.78, 5) is 4.27. The second kappa shape index (κ2) is 11.7. The van der Waals surface area contributed by atoms with Gasteiger partial charge in [-0.3, -0.25) is 4.90 Å². The van der Waals surface area contributed by atoms with Crippen LogP contribution in [0.1, 0.15) is 11.3 Å². The number of ether oxygens (including phenoxy) is 2. The van der Waals surface area contributed by atoms with E-state index in [1.165, 1.54) is 0 Å². The number of hydrogen-bond donors (Lipinski definition) is 1. The molecular weight excluding hydrogens is 422 g/mol. The maximum Gasteiger partial charge on any atom is 0.232 e. The van der Waals surface area contributed by atoms with Crippen LogP contribution < -0.4 is 4.90 Å². The molecule has 8 nitrogen and oxygen atoms in total. The number of aliphatic hydroxyl groups excluding tert-OH is 1. The van der Waals surface area contributed by atoms with Crippen molar-refractivity contribution in [1.82, 2.24) is 10.1 Å². The molecule has 3 aromatic rings. The number of hydrogen-bond acceptors (Lipinski definition) is 8. The molecule has 8 heteroatoms. The molecule has 4 rings (SSSR count). The van der Waals surface area contributed by atoms with Crippen LogP contribution in [0.4, 0.5) is 5.88 Å². The van der Waals surface area contributed by atoms with Gasteiger partial charge in [-0.05, 0) is 12.1 Å². The van der Waals surface area contributed by atoms with Crippen LogP contribution in [-0.4, -0.2) is 67.3 Å². The lowest BCUT2D eigenvalue weighted by atomic mass is 10.1. The zero-order chi connectivity index (χ0) is 22.9. The number of rotatable bonds is 11. The first-order valence-electron chi connectivity index (χ1n) is 11.0. The Morgan fingerprint density at radius 1 is 1.15 bits per heavy atom. The summed E-state index contributed by atoms with van der Waals surface area (Å²) in [7, 11) is 0. The van der Waals surface area contributed by atoms with Crippen LogP contribution in [-0.2, 0) is 22.6 Å². The van der Waals surface area contributed by atoms with Crippen molar-refractivity contribution < 1.29 is 23.5 Å². The Bertz CT molecular complexity index is 1010. The van der Waals surface area contributed by atoms with Crippen LogP contribution in [0.25, 0.3) is 11.3 Å². The van der Waals surface area contributed by atoms with E-state index in [0.717, 1.165) is 41.6 Å². The van der Waals surface area contributed by atoms with E-state index < -0.39 is 6.10 Å². The van der Waals surface area contributed by atoms with Crippen LogP contribution >= 0.6 is 0 Å². The summed E-state index contributed by atoms with van der Waals surface area (Å²) >= 11 is 0. The van der Waals surface area contributed by atoms with Crippen molar-refractivity contribution in [2.24, 2.45) is 0 Å². The van der Waals surface area contributed by atoms with Gasteiger partial charge >= 0.3 is 0 Å². The molecule has 0 aliphatic carbocycles. The Hall–Kier alpha value is -3.09. The minimum Gasteiger partial charge on any atom is -0.468 e. The van der Waals surface area contributed by atoms with Crippen molar-refractivity contribution in [1.29, 1.82) is 0 Å². The molecule has 1 aliphatic heterocycles. The molecule has 3 heterocycles. The summed E-state index contributed by atoms with van der Waals surface area (Å²) in [6.07, 6.45) is 6.18. The molecule has 2 aromatic heterocycles. The summed E-state index contributed by atoms with van der Waals surface area (Å²) in [5.41, 5.74) is 2.73. The lowest BCUT2D eigenvalue weighted by Crippen LogP contribution is -2.38. The first kappa shape index (κ1) is 23.1. The Morgan fingerprint density at radius 2 is 1.97 bits per heavy atom. The van der Waals surface area contributed by atoms with Gasteiger partial charge in [0.05, 0.1) is 44.3 Å². The highest BCUT2D eigenvalue weighted by molar-refractivity contribution is 5.68. The molecule has 33 heavy (non-hydrogen) atoms. The molecule has 1 fully saturated rings. The third kappa shape index (κ3) is 6.24. The molecule has 1 aromatic carbocycles. The number of benzene rings is 1. The molecule has 0 spiro atoms. The number of morpholine rings is 1. The van der Waals surface area contributed by atoms with Gasteiger partial charge in [-0.2, -0.15) is 0 Å². The normalized spacial score (nSPS) is 15.0. The topological polar surface area (TPSA) is 84.3 Å². The average Bonchev–Trinajstić information content (AvgIpc) is 3.50. The predicted octanol–water partition coefficient (Wildman–Crippen LogP) is 2.78. The van der Waals surface area contributed by atoms with Crippen molar-refractivity contribution in [2.45, 2.75) is 19.2 Å². The predicted molar refractivity (Wildman–Crippen MR) is 123 cm³/mol. The number of aromatic nitrogens is 1. The fourth-order valence-electron chi connectivity index (χ4n) is 3.92. The second-order valence-corrected chi connectivity index (χ2v) is 7.90. The molecule has 0 saturated carbocycles. The highest BCUT2D eigenvalue weighted by atomic mass is 16.5. The van der Waals surface area contributed by atoms with Crippen LogP contribution in [0.3, 0.4) is 0 Å². The molecule has 174 valence electrons. The van der Waals surface area contributed by atoms with Gasteiger partial charge < -0.3 is 28.4 Å². The SMILES string of the molecule is C#CCOC[C@@H](O)CN(Cc1ccco1)Cc1c(-c2ccccc2)noc1N1CCOCC1. The van der Waals surface area contributed by atoms with Gasteiger partial charge in [0.2, 0.25) is 5.88 Å². The van der Waals surface area contributed by atoms with Gasteiger partial charge in [0.1, 0.15) is 18.1 Å². The van der Waals surface area contributed by atoms with Crippen LogP contribution in [0.15, 0.2) is 57.7 Å². The van der Waals surface area contributed by atoms with Gasteiger partial charge in [-0.15, -0.1) is 6.42 Å². The molecule has 0 radical (unpaired) electrons. The Kier molecular flexibility index (Phi) is 8.17. The molecule has 1 N–H and O–H groups in total. The molecule has 0 amide bonds. The zero-order valence-electron chi connectivity index (χ0n) is 18.6. The monoisotopic (exact) mass is 451 g/mol. The average molecular weight is 452 g/mol. The number of anilines is 1. The quantitative estimate of drug-likeness (QED) is 0.352. The van der Waals surface area contributed by atoms with Gasteiger partial charge in [-0.25, -0.2) is 0 Å². The highest BCUT2D eigenvalue weighted by Crippen LogP contribution is 2.33. The Balaban J connectivity index is 1.61. The van der Waals surface area contributed by atoms with E-state index in [9.17, 15) is 5.11 Å². The van der Waals surface area contributed by atoms with Crippen molar-refractivity contribution in [3.05, 3.63) is 60.1 Å². The third-order valence-corrected chi connectivity index (χ3v) is 5.42. The molecule has 0 bridgehead atoms. The molecule has 1 aliphatic rings. The van der Waals surface area contributed by atoms with Crippen molar-refractivity contribution >= 4 is 5.88 Å². The first-order chi connectivity index (χ1) is 16.2. The summed E-state index contributed by atoms with van der Waals surface area (Å²) in [6.45, 7) is 4.46. The van der Waals surface area contributed by atoms with E-state index in [1.54, 1.807) is 6.26 Å². The van der Waals surface area contributed by atoms with Crippen molar-refractivity contribution in [3.8, 4) is 23.6 Å². The zero-order valence-corrected chi connectivity index (χ0v) is 18.6. The molecular formula is C25H29N3O5. The first-order valence-corrected chi connectivity index (χ1v) is 11.0.